The lowest BCUT2D eigenvalue weighted by molar-refractivity contribution is -0.115. The van der Waals surface area contributed by atoms with Gasteiger partial charge in [0.05, 0.1) is 11.3 Å². The number of carbonyl (C=O) groups is 2. The molecule has 1 aromatic heterocycles. The number of hydrazone groups is 1. The van der Waals surface area contributed by atoms with E-state index in [-0.39, 0.29) is 18.2 Å². The Morgan fingerprint density at radius 1 is 0.963 bits per heavy atom. The van der Waals surface area contributed by atoms with Crippen molar-refractivity contribution < 1.29 is 9.59 Å². The van der Waals surface area contributed by atoms with Crippen molar-refractivity contribution in [2.24, 2.45) is 5.10 Å². The molecule has 5 nitrogen and oxygen atoms in total. The highest BCUT2D eigenvalue weighted by molar-refractivity contribution is 7.12. The summed E-state index contributed by atoms with van der Waals surface area (Å²) in [6.45, 7) is 1.71. The maximum atomic E-state index is 12.4. The first kappa shape index (κ1) is 18.5. The summed E-state index contributed by atoms with van der Waals surface area (Å²) in [7, 11) is 0. The molecular formula is C21H19N3O2S. The molecule has 27 heavy (non-hydrogen) atoms. The molecule has 0 saturated heterocycles. The minimum Gasteiger partial charge on any atom is -0.325 e. The molecule has 0 aliphatic heterocycles. The van der Waals surface area contributed by atoms with Crippen LogP contribution >= 0.6 is 11.3 Å². The smallest absolute Gasteiger partial charge is 0.281 e. The highest BCUT2D eigenvalue weighted by Crippen LogP contribution is 2.27. The maximum Gasteiger partial charge on any atom is 0.281 e. The van der Waals surface area contributed by atoms with Gasteiger partial charge in [-0.25, -0.2) is 5.43 Å². The number of amides is 2. The summed E-state index contributed by atoms with van der Waals surface area (Å²) < 4.78 is 0. The van der Waals surface area contributed by atoms with Crippen LogP contribution < -0.4 is 10.7 Å². The van der Waals surface area contributed by atoms with Crippen molar-refractivity contribution in [3.05, 3.63) is 77.0 Å². The standard InChI is InChI=1S/C21H19N3O2S/c1-15(23-24-21(26)19-12-7-13-27-19)14-20(25)22-18-11-6-5-10-17(18)16-8-3-2-4-9-16/h2-13H,14H2,1H3,(H,22,25)(H,24,26). The Morgan fingerprint density at radius 3 is 2.44 bits per heavy atom. The minimum atomic E-state index is -0.279. The Hall–Kier alpha value is -3.25. The summed E-state index contributed by atoms with van der Waals surface area (Å²) in [6.07, 6.45) is 0.0911. The molecule has 0 radical (unpaired) electrons. The monoisotopic (exact) mass is 377 g/mol. The number of hydrogen-bond donors (Lipinski definition) is 2. The third-order valence-electron chi connectivity index (χ3n) is 3.80. The van der Waals surface area contributed by atoms with Gasteiger partial charge < -0.3 is 5.32 Å². The minimum absolute atomic E-state index is 0.0911. The Balaban J connectivity index is 1.63. The second-order valence-corrected chi connectivity index (χ2v) is 6.85. The lowest BCUT2D eigenvalue weighted by atomic mass is 10.0. The van der Waals surface area contributed by atoms with Crippen LogP contribution in [0.25, 0.3) is 11.1 Å². The number of nitrogens with zero attached hydrogens (tertiary/aromatic N) is 1. The fraction of sp³-hybridized carbons (Fsp3) is 0.0952. The van der Waals surface area contributed by atoms with Crippen molar-refractivity contribution in [1.82, 2.24) is 5.43 Å². The zero-order valence-electron chi connectivity index (χ0n) is 14.8. The number of para-hydroxylation sites is 1. The molecule has 0 aliphatic rings. The van der Waals surface area contributed by atoms with Crippen molar-refractivity contribution in [3.63, 3.8) is 0 Å². The van der Waals surface area contributed by atoms with E-state index in [2.05, 4.69) is 15.8 Å². The normalized spacial score (nSPS) is 11.1. The number of carbonyl (C=O) groups excluding carboxylic acids is 2. The molecule has 6 heteroatoms. The SMILES string of the molecule is CC(CC(=O)Nc1ccccc1-c1ccccc1)=NNC(=O)c1cccs1. The molecule has 0 aliphatic carbocycles. The van der Waals surface area contributed by atoms with Crippen molar-refractivity contribution >= 4 is 34.6 Å². The first-order valence-corrected chi connectivity index (χ1v) is 9.33. The molecule has 136 valence electrons. The molecule has 0 unspecified atom stereocenters. The lowest BCUT2D eigenvalue weighted by Gasteiger charge is -2.11. The topological polar surface area (TPSA) is 70.6 Å². The summed E-state index contributed by atoms with van der Waals surface area (Å²) in [5, 5.41) is 8.75. The highest BCUT2D eigenvalue weighted by Gasteiger charge is 2.10. The molecule has 3 rings (SSSR count). The van der Waals surface area contributed by atoms with Gasteiger partial charge in [0.25, 0.3) is 5.91 Å². The van der Waals surface area contributed by atoms with Crippen LogP contribution in [0.1, 0.15) is 23.0 Å². The van der Waals surface area contributed by atoms with Crippen LogP contribution in [0.5, 0.6) is 0 Å². The summed E-state index contributed by atoms with van der Waals surface area (Å²) >= 11 is 1.34. The van der Waals surface area contributed by atoms with Gasteiger partial charge in [-0.3, -0.25) is 9.59 Å². The number of anilines is 1. The van der Waals surface area contributed by atoms with E-state index in [9.17, 15) is 9.59 Å². The van der Waals surface area contributed by atoms with Crippen molar-refractivity contribution in [3.8, 4) is 11.1 Å². The Labute approximate surface area is 161 Å². The van der Waals surface area contributed by atoms with Crippen LogP contribution in [0.2, 0.25) is 0 Å². The van der Waals surface area contributed by atoms with E-state index in [1.807, 2.05) is 60.0 Å². The summed E-state index contributed by atoms with van der Waals surface area (Å²) in [5.41, 5.74) is 5.71. The third-order valence-corrected chi connectivity index (χ3v) is 4.66. The van der Waals surface area contributed by atoms with E-state index >= 15 is 0 Å². The molecular weight excluding hydrogens is 358 g/mol. The Bertz CT molecular complexity index is 951. The van der Waals surface area contributed by atoms with Gasteiger partial charge in [0, 0.05) is 17.0 Å². The predicted molar refractivity (Wildman–Crippen MR) is 110 cm³/mol. The van der Waals surface area contributed by atoms with Crippen LogP contribution in [0.15, 0.2) is 77.2 Å². The number of thiophene rings is 1. The second-order valence-electron chi connectivity index (χ2n) is 5.90. The van der Waals surface area contributed by atoms with Crippen LogP contribution in [-0.4, -0.2) is 17.5 Å². The van der Waals surface area contributed by atoms with Crippen LogP contribution in [-0.2, 0) is 4.79 Å². The molecule has 2 amide bonds. The second kappa shape index (κ2) is 8.91. The molecule has 0 bridgehead atoms. The van der Waals surface area contributed by atoms with E-state index in [4.69, 9.17) is 0 Å². The summed E-state index contributed by atoms with van der Waals surface area (Å²) in [6, 6.07) is 21.0. The zero-order valence-corrected chi connectivity index (χ0v) is 15.6. The molecule has 0 saturated carbocycles. The van der Waals surface area contributed by atoms with E-state index in [0.717, 1.165) is 16.8 Å². The van der Waals surface area contributed by atoms with E-state index in [0.29, 0.717) is 10.6 Å². The first-order chi connectivity index (χ1) is 13.1. The number of benzene rings is 2. The molecule has 2 aromatic carbocycles. The van der Waals surface area contributed by atoms with Crippen molar-refractivity contribution in [2.45, 2.75) is 13.3 Å². The molecule has 3 aromatic rings. The number of hydrogen-bond acceptors (Lipinski definition) is 4. The van der Waals surface area contributed by atoms with E-state index in [1.165, 1.54) is 11.3 Å². The molecule has 1 heterocycles. The predicted octanol–water partition coefficient (Wildman–Crippen LogP) is 4.55. The van der Waals surface area contributed by atoms with Gasteiger partial charge >= 0.3 is 0 Å². The third kappa shape index (κ3) is 5.12. The largest absolute Gasteiger partial charge is 0.325 e. The van der Waals surface area contributed by atoms with E-state index in [1.54, 1.807) is 19.1 Å². The lowest BCUT2D eigenvalue weighted by Crippen LogP contribution is -2.21. The van der Waals surface area contributed by atoms with Gasteiger partial charge in [-0.2, -0.15) is 5.10 Å². The average molecular weight is 377 g/mol. The zero-order chi connectivity index (χ0) is 19.1. The Kier molecular flexibility index (Phi) is 6.12. The Morgan fingerprint density at radius 2 is 1.70 bits per heavy atom. The average Bonchev–Trinajstić information content (AvgIpc) is 3.22. The highest BCUT2D eigenvalue weighted by atomic mass is 32.1. The molecule has 0 fully saturated rings. The van der Waals surface area contributed by atoms with Crippen LogP contribution in [0, 0.1) is 0 Å². The molecule has 0 atom stereocenters. The first-order valence-electron chi connectivity index (χ1n) is 8.45. The molecule has 0 spiro atoms. The van der Waals surface area contributed by atoms with Crippen LogP contribution in [0.4, 0.5) is 5.69 Å². The summed E-state index contributed by atoms with van der Waals surface area (Å²) in [4.78, 5) is 24.8. The maximum absolute atomic E-state index is 12.4. The van der Waals surface area contributed by atoms with Gasteiger partial charge in [0.2, 0.25) is 5.91 Å². The number of rotatable bonds is 6. The fourth-order valence-electron chi connectivity index (χ4n) is 2.54. The van der Waals surface area contributed by atoms with Gasteiger partial charge in [-0.05, 0) is 30.0 Å². The van der Waals surface area contributed by atoms with Gasteiger partial charge in [-0.15, -0.1) is 11.3 Å². The van der Waals surface area contributed by atoms with Gasteiger partial charge in [0.15, 0.2) is 0 Å². The number of nitrogens with one attached hydrogen (secondary N) is 2. The fourth-order valence-corrected chi connectivity index (χ4v) is 3.15. The van der Waals surface area contributed by atoms with Crippen molar-refractivity contribution in [1.29, 1.82) is 0 Å². The summed E-state index contributed by atoms with van der Waals surface area (Å²) in [5.74, 6) is -0.468. The quantitative estimate of drug-likeness (QED) is 0.489. The van der Waals surface area contributed by atoms with Crippen molar-refractivity contribution in [2.75, 3.05) is 5.32 Å². The molecule has 2 N–H and O–H groups in total. The van der Waals surface area contributed by atoms with Gasteiger partial charge in [-0.1, -0.05) is 54.6 Å². The van der Waals surface area contributed by atoms with E-state index < -0.39 is 0 Å². The van der Waals surface area contributed by atoms with Crippen LogP contribution in [0.3, 0.4) is 0 Å². The van der Waals surface area contributed by atoms with Gasteiger partial charge in [0.1, 0.15) is 0 Å².